The van der Waals surface area contributed by atoms with E-state index in [1.54, 1.807) is 0 Å². The van der Waals surface area contributed by atoms with Crippen LogP contribution in [-0.4, -0.2) is 30.1 Å². The van der Waals surface area contributed by atoms with Gasteiger partial charge in [-0.15, -0.1) is 0 Å². The third kappa shape index (κ3) is 2.96. The quantitative estimate of drug-likeness (QED) is 0.466. The summed E-state index contributed by atoms with van der Waals surface area (Å²) in [7, 11) is 4.12. The summed E-state index contributed by atoms with van der Waals surface area (Å²) in [6, 6.07) is 18.8. The summed E-state index contributed by atoms with van der Waals surface area (Å²) in [4.78, 5) is 0. The lowest BCUT2D eigenvalue weighted by Crippen LogP contribution is -3.00. The van der Waals surface area contributed by atoms with Crippen molar-refractivity contribution in [2.75, 3.05) is 19.1 Å². The number of rotatable bonds is 3. The number of para-hydroxylation sites is 2. The second kappa shape index (κ2) is 6.78. The molecule has 2 aromatic rings. The van der Waals surface area contributed by atoms with Gasteiger partial charge in [-0.25, -0.2) is 0 Å². The van der Waals surface area contributed by atoms with Crippen LogP contribution in [0.5, 0.6) is 0 Å². The highest BCUT2D eigenvalue weighted by atomic mass is 35.5. The van der Waals surface area contributed by atoms with Crippen molar-refractivity contribution in [1.82, 2.24) is 0 Å². The lowest BCUT2D eigenvalue weighted by atomic mass is 9.80. The van der Waals surface area contributed by atoms with Gasteiger partial charge >= 0.3 is 0 Å². The minimum Gasteiger partial charge on any atom is -1.00 e. The molecule has 0 atom stereocenters. The maximum atomic E-state index is 4.83. The zero-order valence-electron chi connectivity index (χ0n) is 14.9. The highest BCUT2D eigenvalue weighted by molar-refractivity contribution is 6.43. The van der Waals surface area contributed by atoms with Crippen molar-refractivity contribution >= 4 is 22.8 Å². The van der Waals surface area contributed by atoms with Gasteiger partial charge in [0.1, 0.15) is 12.8 Å². The monoisotopic (exact) mass is 341 g/mol. The van der Waals surface area contributed by atoms with E-state index in [0.29, 0.717) is 0 Å². The molecule has 0 N–H and O–H groups in total. The van der Waals surface area contributed by atoms with E-state index in [1.807, 2.05) is 30.3 Å². The Bertz CT molecular complexity index is 792. The van der Waals surface area contributed by atoms with Crippen LogP contribution in [-0.2, 0) is 5.41 Å². The number of halogens is 1. The van der Waals surface area contributed by atoms with E-state index in [2.05, 4.69) is 68.8 Å². The number of hydrogen-bond acceptors (Lipinski definition) is 2. The van der Waals surface area contributed by atoms with Crippen molar-refractivity contribution in [3.63, 3.8) is 0 Å². The molecule has 0 radical (unpaired) electrons. The molecule has 0 saturated heterocycles. The Kier molecular flexibility index (Phi) is 5.14. The molecule has 0 aromatic heterocycles. The predicted molar refractivity (Wildman–Crippen MR) is 98.3 cm³/mol. The van der Waals surface area contributed by atoms with E-state index in [0.717, 1.165) is 11.4 Å². The summed E-state index contributed by atoms with van der Waals surface area (Å²) in [5.74, 6) is 0. The van der Waals surface area contributed by atoms with E-state index < -0.39 is 0 Å². The highest BCUT2D eigenvalue weighted by Crippen LogP contribution is 2.39. The normalized spacial score (nSPS) is 15.8. The molecular weight excluding hydrogens is 318 g/mol. The van der Waals surface area contributed by atoms with Crippen molar-refractivity contribution in [3.8, 4) is 0 Å². The molecule has 0 fully saturated rings. The van der Waals surface area contributed by atoms with Gasteiger partial charge < -0.3 is 12.4 Å². The average Bonchev–Trinajstić information content (AvgIpc) is 2.75. The van der Waals surface area contributed by atoms with Crippen LogP contribution in [0, 0.1) is 0 Å². The van der Waals surface area contributed by atoms with E-state index in [9.17, 15) is 0 Å². The van der Waals surface area contributed by atoms with Gasteiger partial charge in [0.05, 0.1) is 11.1 Å². The van der Waals surface area contributed by atoms with Gasteiger partial charge in [0.2, 0.25) is 11.4 Å². The first-order valence-corrected chi connectivity index (χ1v) is 7.98. The number of hydrogen-bond donors (Lipinski definition) is 0. The largest absolute Gasteiger partial charge is 1.00 e. The van der Waals surface area contributed by atoms with Crippen LogP contribution < -0.4 is 17.4 Å². The smallest absolute Gasteiger partial charge is 0.215 e. The van der Waals surface area contributed by atoms with Crippen molar-refractivity contribution in [2.45, 2.75) is 26.2 Å². The Hall–Kier alpha value is -2.13. The van der Waals surface area contributed by atoms with Crippen LogP contribution in [0.25, 0.3) is 0 Å². The zero-order valence-corrected chi connectivity index (χ0v) is 15.7. The van der Waals surface area contributed by atoms with Crippen LogP contribution in [0.2, 0.25) is 0 Å². The Morgan fingerprint density at radius 2 is 1.58 bits per heavy atom. The molecule has 126 valence electrons. The lowest BCUT2D eigenvalue weighted by molar-refractivity contribution is -0.400. The molecule has 0 saturated carbocycles. The van der Waals surface area contributed by atoms with Gasteiger partial charge in [0.15, 0.2) is 0 Å². The summed E-state index contributed by atoms with van der Waals surface area (Å²) in [6.07, 6.45) is 0. The minimum absolute atomic E-state index is 0. The summed E-state index contributed by atoms with van der Waals surface area (Å²) >= 11 is 0. The maximum Gasteiger partial charge on any atom is 0.215 e. The number of hydrazone groups is 1. The van der Waals surface area contributed by atoms with Crippen LogP contribution >= 0.6 is 0 Å². The Labute approximate surface area is 150 Å². The topological polar surface area (TPSA) is 18.6 Å². The second-order valence-corrected chi connectivity index (χ2v) is 6.59. The predicted octanol–water partition coefficient (Wildman–Crippen LogP) is 1.21. The van der Waals surface area contributed by atoms with Gasteiger partial charge in [-0.05, 0) is 32.9 Å². The summed E-state index contributed by atoms with van der Waals surface area (Å²) in [6.45, 7) is 6.64. The lowest BCUT2D eigenvalue weighted by Gasteiger charge is -2.19. The fourth-order valence-corrected chi connectivity index (χ4v) is 3.63. The van der Waals surface area contributed by atoms with Gasteiger partial charge in [0, 0.05) is 18.7 Å². The van der Waals surface area contributed by atoms with Crippen LogP contribution in [0.1, 0.15) is 26.3 Å². The molecule has 1 aliphatic heterocycles. The van der Waals surface area contributed by atoms with Gasteiger partial charge in [0.25, 0.3) is 0 Å². The molecule has 0 spiro atoms. The van der Waals surface area contributed by atoms with Crippen LogP contribution in [0.3, 0.4) is 0 Å². The first kappa shape index (κ1) is 18.2. The van der Waals surface area contributed by atoms with E-state index >= 15 is 0 Å². The minimum atomic E-state index is -0.0452. The van der Waals surface area contributed by atoms with Gasteiger partial charge in [-0.2, -0.15) is 9.68 Å². The Balaban J connectivity index is 0.00000208. The third-order valence-corrected chi connectivity index (χ3v) is 4.64. The standard InChI is InChI=1S/C20H24N3.ClH/c1-15(21-23(5)16-11-7-6-8-12-16)19-20(2,3)17-13-9-10-14-18(17)22(19)4;/h6-14H,1-5H3;1H/q+1;/p-1. The van der Waals surface area contributed by atoms with Gasteiger partial charge in [-0.3, -0.25) is 5.01 Å². The zero-order chi connectivity index (χ0) is 16.6. The molecule has 1 heterocycles. The molecular formula is C20H24ClN3. The first-order chi connectivity index (χ1) is 10.9. The molecule has 24 heavy (non-hydrogen) atoms. The Morgan fingerprint density at radius 1 is 1.00 bits per heavy atom. The number of anilines is 1. The molecule has 2 aromatic carbocycles. The summed E-state index contributed by atoms with van der Waals surface area (Å²) in [5.41, 5.74) is 5.96. The van der Waals surface area contributed by atoms with Crippen molar-refractivity contribution in [3.05, 3.63) is 60.2 Å². The van der Waals surface area contributed by atoms with E-state index in [1.165, 1.54) is 17.0 Å². The number of nitrogens with zero attached hydrogens (tertiary/aromatic N) is 3. The Morgan fingerprint density at radius 3 is 2.21 bits per heavy atom. The average molecular weight is 342 g/mol. The number of fused-ring (bicyclic) bond motifs is 1. The maximum absolute atomic E-state index is 4.83. The highest BCUT2D eigenvalue weighted by Gasteiger charge is 2.45. The molecule has 4 heteroatoms. The van der Waals surface area contributed by atoms with Crippen molar-refractivity contribution < 1.29 is 17.0 Å². The fourth-order valence-electron chi connectivity index (χ4n) is 3.63. The first-order valence-electron chi connectivity index (χ1n) is 7.98. The summed E-state index contributed by atoms with van der Waals surface area (Å²) < 4.78 is 2.27. The molecule has 3 rings (SSSR count). The third-order valence-electron chi connectivity index (χ3n) is 4.64. The van der Waals surface area contributed by atoms with Gasteiger partial charge in [-0.1, -0.05) is 36.4 Å². The molecule has 0 unspecified atom stereocenters. The fraction of sp³-hybridized carbons (Fsp3) is 0.300. The molecule has 0 bridgehead atoms. The summed E-state index contributed by atoms with van der Waals surface area (Å²) in [5, 5.41) is 6.77. The van der Waals surface area contributed by atoms with Crippen LogP contribution in [0.15, 0.2) is 59.7 Å². The van der Waals surface area contributed by atoms with Crippen LogP contribution in [0.4, 0.5) is 11.4 Å². The second-order valence-electron chi connectivity index (χ2n) is 6.59. The number of benzene rings is 2. The van der Waals surface area contributed by atoms with E-state index in [4.69, 9.17) is 5.10 Å². The molecule has 0 amide bonds. The molecule has 1 aliphatic rings. The SMILES string of the molecule is C/C(=N\N(C)c1ccccc1)C1=[N+](C)c2ccccc2C1(C)C.[Cl-]. The van der Waals surface area contributed by atoms with Crippen molar-refractivity contribution in [2.24, 2.45) is 5.10 Å². The molecule has 0 aliphatic carbocycles. The van der Waals surface area contributed by atoms with Crippen molar-refractivity contribution in [1.29, 1.82) is 0 Å². The van der Waals surface area contributed by atoms with E-state index in [-0.39, 0.29) is 17.8 Å². The molecule has 3 nitrogen and oxygen atoms in total.